The molecular formula is C45H30N2O2Si. The van der Waals surface area contributed by atoms with Crippen LogP contribution in [0.1, 0.15) is 0 Å². The quantitative estimate of drug-likeness (QED) is 0.177. The molecule has 1 spiro atoms. The van der Waals surface area contributed by atoms with Crippen LogP contribution in [-0.4, -0.2) is 13.1 Å². The van der Waals surface area contributed by atoms with Crippen LogP contribution in [0.3, 0.4) is 0 Å². The summed E-state index contributed by atoms with van der Waals surface area (Å²) >= 11 is 0. The lowest BCUT2D eigenvalue weighted by Crippen LogP contribution is -2.77. The molecule has 8 aromatic rings. The van der Waals surface area contributed by atoms with Crippen molar-refractivity contribution < 1.29 is 9.47 Å². The number of para-hydroxylation sites is 3. The third-order valence-electron chi connectivity index (χ3n) is 10.0. The van der Waals surface area contributed by atoms with E-state index in [9.17, 15) is 0 Å². The lowest BCUT2D eigenvalue weighted by atomic mass is 10.0. The van der Waals surface area contributed by atoms with Gasteiger partial charge in [-0.1, -0.05) is 115 Å². The van der Waals surface area contributed by atoms with Gasteiger partial charge in [0.15, 0.2) is 13.8 Å². The molecule has 0 fully saturated rings. The first-order chi connectivity index (χ1) is 24.8. The number of fused-ring (bicyclic) bond motifs is 10. The molecule has 50 heavy (non-hydrogen) atoms. The maximum atomic E-state index is 6.83. The minimum atomic E-state index is -3.02. The number of rotatable bonds is 4. The van der Waals surface area contributed by atoms with E-state index in [1.165, 1.54) is 31.9 Å². The molecule has 0 aliphatic carbocycles. The molecule has 0 radical (unpaired) electrons. The van der Waals surface area contributed by atoms with Crippen LogP contribution < -0.4 is 35.1 Å². The monoisotopic (exact) mass is 658 g/mol. The number of anilines is 3. The van der Waals surface area contributed by atoms with Gasteiger partial charge in [0.1, 0.15) is 22.8 Å². The minimum absolute atomic E-state index is 0.831. The summed E-state index contributed by atoms with van der Waals surface area (Å²) in [6.45, 7) is 0. The third kappa shape index (κ3) is 4.27. The fourth-order valence-electron chi connectivity index (χ4n) is 7.84. The number of aromatic nitrogens is 1. The molecule has 1 unspecified atom stereocenters. The summed E-state index contributed by atoms with van der Waals surface area (Å²) in [7, 11) is -3.02. The smallest absolute Gasteiger partial charge is 0.196 e. The van der Waals surface area contributed by atoms with E-state index >= 15 is 0 Å². The number of pyridine rings is 1. The van der Waals surface area contributed by atoms with Gasteiger partial charge in [0.05, 0.1) is 0 Å². The van der Waals surface area contributed by atoms with Gasteiger partial charge in [0.25, 0.3) is 0 Å². The first-order valence-corrected chi connectivity index (χ1v) is 18.9. The molecular weight excluding hydrogens is 629 g/mol. The fraction of sp³-hybridized carbons (Fsp3) is 0. The van der Waals surface area contributed by atoms with E-state index in [0.717, 1.165) is 51.0 Å². The van der Waals surface area contributed by atoms with Crippen molar-refractivity contribution >= 4 is 56.8 Å². The number of ether oxygens (including phenoxy) is 2. The average molecular weight is 659 g/mol. The highest BCUT2D eigenvalue weighted by Crippen LogP contribution is 2.41. The molecule has 10 rings (SSSR count). The molecule has 0 N–H and O–H groups in total. The van der Waals surface area contributed by atoms with E-state index < -0.39 is 8.07 Å². The van der Waals surface area contributed by atoms with Gasteiger partial charge in [-0.15, -0.1) is 0 Å². The number of nitrogens with zero attached hydrogens (tertiary/aromatic N) is 2. The highest BCUT2D eigenvalue weighted by Gasteiger charge is 2.53. The van der Waals surface area contributed by atoms with Crippen LogP contribution >= 0.6 is 0 Å². The molecule has 0 saturated carbocycles. The summed E-state index contributed by atoms with van der Waals surface area (Å²) < 4.78 is 13.6. The minimum Gasteiger partial charge on any atom is -0.458 e. The van der Waals surface area contributed by atoms with Crippen molar-refractivity contribution in [2.45, 2.75) is 0 Å². The van der Waals surface area contributed by atoms with Crippen molar-refractivity contribution in [2.75, 3.05) is 4.90 Å². The zero-order valence-corrected chi connectivity index (χ0v) is 28.0. The van der Waals surface area contributed by atoms with E-state index in [0.29, 0.717) is 0 Å². The molecule has 4 nitrogen and oxygen atoms in total. The predicted molar refractivity (Wildman–Crippen MR) is 206 cm³/mol. The van der Waals surface area contributed by atoms with Gasteiger partial charge in [-0.3, -0.25) is 4.98 Å². The Morgan fingerprint density at radius 3 is 1.78 bits per heavy atom. The average Bonchev–Trinajstić information content (AvgIpc) is 3.19. The summed E-state index contributed by atoms with van der Waals surface area (Å²) in [6.07, 6.45) is 1.85. The molecule has 2 aliphatic rings. The second-order valence-electron chi connectivity index (χ2n) is 12.7. The predicted octanol–water partition coefficient (Wildman–Crippen LogP) is 8.96. The molecule has 7 aromatic carbocycles. The second kappa shape index (κ2) is 11.3. The maximum Gasteiger partial charge on any atom is 0.196 e. The Morgan fingerprint density at radius 1 is 0.420 bits per heavy atom. The van der Waals surface area contributed by atoms with E-state index in [1.807, 2.05) is 12.3 Å². The summed E-state index contributed by atoms with van der Waals surface area (Å²) in [4.78, 5) is 7.21. The third-order valence-corrected chi connectivity index (χ3v) is 14.9. The highest BCUT2D eigenvalue weighted by molar-refractivity contribution is 7.21. The Labute approximate surface area is 291 Å². The number of hydrogen-bond donors (Lipinski definition) is 0. The van der Waals surface area contributed by atoms with Gasteiger partial charge in [0.2, 0.25) is 0 Å². The number of hydrogen-bond acceptors (Lipinski definition) is 4. The normalized spacial score (nSPS) is 15.2. The van der Waals surface area contributed by atoms with Crippen molar-refractivity contribution in [3.63, 3.8) is 0 Å². The summed E-state index contributed by atoms with van der Waals surface area (Å²) in [5.74, 6) is 3.46. The van der Waals surface area contributed by atoms with Crippen LogP contribution in [0.2, 0.25) is 0 Å². The Kier molecular flexibility index (Phi) is 6.47. The molecule has 0 saturated heterocycles. The second-order valence-corrected chi connectivity index (χ2v) is 16.4. The van der Waals surface area contributed by atoms with Crippen molar-refractivity contribution in [2.24, 2.45) is 0 Å². The van der Waals surface area contributed by atoms with Crippen LogP contribution in [0, 0.1) is 0 Å². The van der Waals surface area contributed by atoms with Crippen LogP contribution in [0.4, 0.5) is 17.1 Å². The van der Waals surface area contributed by atoms with E-state index in [2.05, 4.69) is 175 Å². The maximum absolute atomic E-state index is 6.83. The van der Waals surface area contributed by atoms with Crippen molar-refractivity contribution in [1.82, 2.24) is 4.98 Å². The topological polar surface area (TPSA) is 34.6 Å². The van der Waals surface area contributed by atoms with E-state index in [-0.39, 0.29) is 0 Å². The van der Waals surface area contributed by atoms with Crippen LogP contribution in [0.5, 0.6) is 23.0 Å². The standard InChI is InChI=1S/C45H30N2O2Si/c1-3-12-31(13-4-1)32-21-24-35(25-22-32)47(34-15-5-2-6-16-34)36-26-27-39-43(30-36)50(40-19-9-7-17-37(40)48-39)41-20-10-8-18-38(41)49-45-42(50)28-23-33-14-11-29-46-44(33)45/h1-30H. The van der Waals surface area contributed by atoms with Crippen molar-refractivity contribution in [3.05, 3.63) is 182 Å². The largest absolute Gasteiger partial charge is 0.458 e. The molecule has 5 heteroatoms. The summed E-state index contributed by atoms with van der Waals surface area (Å²) in [5.41, 5.74) is 6.46. The molecule has 1 atom stereocenters. The van der Waals surface area contributed by atoms with E-state index in [4.69, 9.17) is 14.5 Å². The Morgan fingerprint density at radius 2 is 1.02 bits per heavy atom. The lowest BCUT2D eigenvalue weighted by Gasteiger charge is -2.43. The molecule has 0 amide bonds. The SMILES string of the molecule is c1ccc(-c2ccc(N(c3ccccc3)c3ccc4c(c3)[Si]3(c5ccccc5O4)c4ccccc4Oc4c3ccc3cccnc43)cc2)cc1. The van der Waals surface area contributed by atoms with Crippen LogP contribution in [0.25, 0.3) is 22.0 Å². The zero-order chi connectivity index (χ0) is 33.1. The summed E-state index contributed by atoms with van der Waals surface area (Å²) in [5, 5.41) is 5.82. The van der Waals surface area contributed by atoms with Gasteiger partial charge in [0, 0.05) is 28.6 Å². The Bertz CT molecular complexity index is 2540. The first kappa shape index (κ1) is 28.6. The molecule has 1 aromatic heterocycles. The number of benzene rings is 7. The molecule has 236 valence electrons. The van der Waals surface area contributed by atoms with Gasteiger partial charge < -0.3 is 14.4 Å². The van der Waals surface area contributed by atoms with Gasteiger partial charge in [-0.05, 0) is 92.5 Å². The first-order valence-electron chi connectivity index (χ1n) is 16.9. The van der Waals surface area contributed by atoms with Gasteiger partial charge in [-0.25, -0.2) is 0 Å². The fourth-order valence-corrected chi connectivity index (χ4v) is 13.0. The van der Waals surface area contributed by atoms with Crippen molar-refractivity contribution in [3.8, 4) is 34.1 Å². The molecule has 0 bridgehead atoms. The molecule has 2 aliphatic heterocycles. The van der Waals surface area contributed by atoms with Gasteiger partial charge in [-0.2, -0.15) is 0 Å². The van der Waals surface area contributed by atoms with Crippen LogP contribution in [-0.2, 0) is 0 Å². The highest BCUT2D eigenvalue weighted by atomic mass is 28.3. The Balaban J connectivity index is 1.24. The van der Waals surface area contributed by atoms with Gasteiger partial charge >= 0.3 is 0 Å². The zero-order valence-electron chi connectivity index (χ0n) is 27.0. The summed E-state index contributed by atoms with van der Waals surface area (Å²) in [6, 6.07) is 62.3. The van der Waals surface area contributed by atoms with E-state index in [1.54, 1.807) is 0 Å². The van der Waals surface area contributed by atoms with Crippen LogP contribution in [0.15, 0.2) is 182 Å². The Hall–Kier alpha value is -6.43. The lowest BCUT2D eigenvalue weighted by molar-refractivity contribution is 0.483. The molecule has 3 heterocycles. The van der Waals surface area contributed by atoms with Crippen molar-refractivity contribution in [1.29, 1.82) is 0 Å².